The number of carbonyl (C=O) groups excluding carboxylic acids is 1. The number of nitrogens with one attached hydrogen (secondary N) is 2. The maximum absolute atomic E-state index is 12.1. The lowest BCUT2D eigenvalue weighted by Gasteiger charge is -2.03. The van der Waals surface area contributed by atoms with E-state index in [0.717, 1.165) is 32.3 Å². The van der Waals surface area contributed by atoms with Crippen molar-refractivity contribution in [3.63, 3.8) is 0 Å². The van der Waals surface area contributed by atoms with Crippen molar-refractivity contribution in [2.45, 2.75) is 11.9 Å². The smallest absolute Gasteiger partial charge is 0.325 e. The van der Waals surface area contributed by atoms with Gasteiger partial charge in [0.25, 0.3) is 0 Å². The highest BCUT2D eigenvalue weighted by Gasteiger charge is 2.24. The summed E-state index contributed by atoms with van der Waals surface area (Å²) < 4.78 is 7.50. The van der Waals surface area contributed by atoms with Crippen LogP contribution in [0.2, 0.25) is 0 Å². The van der Waals surface area contributed by atoms with Crippen LogP contribution in [0.4, 0.5) is 5.69 Å². The number of anilines is 1. The number of thioether (sulfide) groups is 1. The van der Waals surface area contributed by atoms with Gasteiger partial charge < -0.3 is 5.32 Å². The highest BCUT2D eigenvalue weighted by Crippen LogP contribution is 2.14. The Morgan fingerprint density at radius 1 is 1.20 bits per heavy atom. The topological polar surface area (TPSA) is 79.0 Å². The summed E-state index contributed by atoms with van der Waals surface area (Å²) in [5.74, 6) is -0.0947. The van der Waals surface area contributed by atoms with Crippen molar-refractivity contribution >= 4 is 45.9 Å². The fourth-order valence-electron chi connectivity index (χ4n) is 2.11. The van der Waals surface area contributed by atoms with E-state index in [0.29, 0.717) is 5.03 Å². The molecule has 0 aliphatic heterocycles. The first kappa shape index (κ1) is 17.7. The summed E-state index contributed by atoms with van der Waals surface area (Å²) in [5.41, 5.74) is 2.09. The molecule has 0 aliphatic rings. The number of hydrogen-bond donors (Lipinski definition) is 2. The van der Waals surface area contributed by atoms with Gasteiger partial charge in [-0.15, -0.1) is 0 Å². The quantitative estimate of drug-likeness (QED) is 0.343. The number of hydrogen-bond acceptors (Lipinski definition) is 4. The third-order valence-corrected chi connectivity index (χ3v) is 5.12. The maximum atomic E-state index is 12.1. The van der Waals surface area contributed by atoms with Crippen molar-refractivity contribution in [2.75, 3.05) is 11.1 Å². The maximum Gasteiger partial charge on any atom is 0.442 e. The van der Waals surface area contributed by atoms with Gasteiger partial charge in [0, 0.05) is 21.4 Å². The molecule has 0 saturated heterocycles. The number of benzene rings is 2. The summed E-state index contributed by atoms with van der Waals surface area (Å²) in [7, 11) is 0. The number of aromatic amines is 1. The molecular weight excluding hydrogens is 453 g/mol. The zero-order chi connectivity index (χ0) is 17.8. The number of H-pyrrole nitrogens is 1. The number of nitrogens with zero attached hydrogens (tertiary/aromatic N) is 1. The van der Waals surface area contributed by atoms with Crippen molar-refractivity contribution in [2.24, 2.45) is 0 Å². The molecule has 0 aliphatic carbocycles. The Bertz CT molecular complexity index is 933. The molecule has 1 aromatic heterocycles. The lowest BCUT2D eigenvalue weighted by atomic mass is 10.2. The minimum Gasteiger partial charge on any atom is -0.325 e. The van der Waals surface area contributed by atoms with Crippen LogP contribution in [0.3, 0.4) is 0 Å². The highest BCUT2D eigenvalue weighted by atomic mass is 127. The average molecular weight is 468 g/mol. The molecular formula is C17H15IN3O3S+. The molecule has 0 radical (unpaired) electrons. The van der Waals surface area contributed by atoms with Gasteiger partial charge in [-0.2, -0.15) is 0 Å². The second-order valence-corrected chi connectivity index (χ2v) is 7.51. The summed E-state index contributed by atoms with van der Waals surface area (Å²) in [4.78, 5) is 24.0. The van der Waals surface area contributed by atoms with Crippen molar-refractivity contribution in [3.05, 3.63) is 68.1 Å². The molecule has 2 N–H and O–H groups in total. The molecule has 0 spiro atoms. The van der Waals surface area contributed by atoms with Gasteiger partial charge >= 0.3 is 10.7 Å². The second-order valence-electron chi connectivity index (χ2n) is 5.30. The lowest BCUT2D eigenvalue weighted by Crippen LogP contribution is -2.36. The predicted molar refractivity (Wildman–Crippen MR) is 104 cm³/mol. The molecule has 3 aromatic rings. The zero-order valence-corrected chi connectivity index (χ0v) is 16.3. The van der Waals surface area contributed by atoms with E-state index in [-0.39, 0.29) is 11.7 Å². The van der Waals surface area contributed by atoms with Crippen LogP contribution < -0.4 is 15.6 Å². The molecule has 6 nitrogen and oxygen atoms in total. The van der Waals surface area contributed by atoms with Gasteiger partial charge in [0.2, 0.25) is 11.6 Å². The molecule has 0 unspecified atom stereocenters. The molecule has 0 saturated carbocycles. The Hall–Kier alpha value is -2.07. The standard InChI is InChI=1S/C17H14IN3O3S/c1-11-2-8-14(9-3-11)21-16(17(23)24-20-21)25-10-15(22)19-13-6-4-12(18)5-7-13/h2-9H,10H2,1H3,(H-,19,20,22,23)/p+1. The summed E-state index contributed by atoms with van der Waals surface area (Å²) in [6.07, 6.45) is 0. The Labute approximate surface area is 161 Å². The normalized spacial score (nSPS) is 10.6. The van der Waals surface area contributed by atoms with Gasteiger partial charge in [-0.3, -0.25) is 9.32 Å². The van der Waals surface area contributed by atoms with Crippen LogP contribution in [0, 0.1) is 10.5 Å². The van der Waals surface area contributed by atoms with Gasteiger partial charge in [0.1, 0.15) is 0 Å². The van der Waals surface area contributed by atoms with Crippen LogP contribution in [0.5, 0.6) is 0 Å². The fourth-order valence-corrected chi connectivity index (χ4v) is 3.25. The van der Waals surface area contributed by atoms with Gasteiger partial charge in [0.05, 0.1) is 5.75 Å². The molecule has 0 bridgehead atoms. The number of aryl methyl sites for hydroxylation is 1. The van der Waals surface area contributed by atoms with Crippen LogP contribution in [0.15, 0.2) is 62.9 Å². The zero-order valence-electron chi connectivity index (χ0n) is 13.3. The highest BCUT2D eigenvalue weighted by molar-refractivity contribution is 14.1. The van der Waals surface area contributed by atoms with E-state index in [1.165, 1.54) is 4.68 Å². The molecule has 0 atom stereocenters. The number of rotatable bonds is 5. The molecule has 1 heterocycles. The van der Waals surface area contributed by atoms with Crippen LogP contribution >= 0.6 is 34.4 Å². The summed E-state index contributed by atoms with van der Waals surface area (Å²) in [6, 6.07) is 15.1. The third-order valence-electron chi connectivity index (χ3n) is 3.37. The molecule has 2 aromatic carbocycles. The number of aromatic nitrogens is 2. The van der Waals surface area contributed by atoms with Crippen molar-refractivity contribution in [1.29, 1.82) is 0 Å². The Balaban J connectivity index is 1.70. The van der Waals surface area contributed by atoms with Crippen molar-refractivity contribution < 1.29 is 14.0 Å². The lowest BCUT2D eigenvalue weighted by molar-refractivity contribution is -0.704. The summed E-state index contributed by atoms with van der Waals surface area (Å²) in [6.45, 7) is 1.98. The summed E-state index contributed by atoms with van der Waals surface area (Å²) >= 11 is 3.32. The first-order chi connectivity index (χ1) is 12.0. The Morgan fingerprint density at radius 3 is 2.56 bits per heavy atom. The average Bonchev–Trinajstić information content (AvgIpc) is 2.96. The minimum atomic E-state index is -0.507. The molecule has 25 heavy (non-hydrogen) atoms. The van der Waals surface area contributed by atoms with Gasteiger partial charge in [-0.05, 0) is 75.5 Å². The van der Waals surface area contributed by atoms with E-state index in [1.807, 2.05) is 55.5 Å². The third kappa shape index (κ3) is 4.51. The van der Waals surface area contributed by atoms with Crippen LogP contribution in [-0.2, 0) is 4.79 Å². The van der Waals surface area contributed by atoms with Gasteiger partial charge in [0.15, 0.2) is 0 Å². The van der Waals surface area contributed by atoms with E-state index in [4.69, 9.17) is 4.52 Å². The Kier molecular flexibility index (Phi) is 5.59. The van der Waals surface area contributed by atoms with Crippen LogP contribution in [0.25, 0.3) is 5.69 Å². The number of halogens is 1. The number of carbonyl (C=O) groups is 1. The molecule has 128 valence electrons. The van der Waals surface area contributed by atoms with E-state index in [1.54, 1.807) is 0 Å². The minimum absolute atomic E-state index is 0.0977. The first-order valence-electron chi connectivity index (χ1n) is 7.42. The van der Waals surface area contributed by atoms with Crippen LogP contribution in [0.1, 0.15) is 5.56 Å². The SMILES string of the molecule is Cc1ccc(-[n+]2[nH]oc(=O)c2SCC(=O)Nc2ccc(I)cc2)cc1. The Morgan fingerprint density at radius 2 is 1.88 bits per heavy atom. The number of amides is 1. The van der Waals surface area contributed by atoms with E-state index in [2.05, 4.69) is 33.2 Å². The second kappa shape index (κ2) is 7.87. The van der Waals surface area contributed by atoms with Crippen LogP contribution in [-0.4, -0.2) is 16.9 Å². The largest absolute Gasteiger partial charge is 0.442 e. The molecule has 3 rings (SSSR count). The predicted octanol–water partition coefficient (Wildman–Crippen LogP) is 2.89. The van der Waals surface area contributed by atoms with E-state index >= 15 is 0 Å². The van der Waals surface area contributed by atoms with Crippen molar-refractivity contribution in [3.8, 4) is 5.69 Å². The van der Waals surface area contributed by atoms with Crippen molar-refractivity contribution in [1.82, 2.24) is 5.27 Å². The van der Waals surface area contributed by atoms with Gasteiger partial charge in [-0.25, -0.2) is 4.79 Å². The molecule has 1 amide bonds. The monoisotopic (exact) mass is 468 g/mol. The van der Waals surface area contributed by atoms with Gasteiger partial charge in [-0.1, -0.05) is 17.7 Å². The molecule has 0 fully saturated rings. The summed E-state index contributed by atoms with van der Waals surface area (Å²) in [5, 5.41) is 5.69. The van der Waals surface area contributed by atoms with E-state index < -0.39 is 5.63 Å². The molecule has 8 heteroatoms. The fraction of sp³-hybridized carbons (Fsp3) is 0.118. The first-order valence-corrected chi connectivity index (χ1v) is 9.48. The van der Waals surface area contributed by atoms with E-state index in [9.17, 15) is 9.59 Å².